The predicted octanol–water partition coefficient (Wildman–Crippen LogP) is 3.68. The quantitative estimate of drug-likeness (QED) is 0.783. The van der Waals surface area contributed by atoms with Gasteiger partial charge in [-0.1, -0.05) is 31.9 Å². The van der Waals surface area contributed by atoms with Gasteiger partial charge in [0, 0.05) is 5.56 Å². The molecule has 3 nitrogen and oxygen atoms in total. The van der Waals surface area contributed by atoms with Crippen molar-refractivity contribution in [1.82, 2.24) is 4.90 Å². The Morgan fingerprint density at radius 3 is 2.52 bits per heavy atom. The van der Waals surface area contributed by atoms with E-state index in [0.717, 1.165) is 5.76 Å². The van der Waals surface area contributed by atoms with E-state index in [-0.39, 0.29) is 12.5 Å². The Bertz CT molecular complexity index is 618. The average Bonchev–Trinajstić information content (AvgIpc) is 2.99. The van der Waals surface area contributed by atoms with Crippen LogP contribution in [0.1, 0.15) is 41.4 Å². The van der Waals surface area contributed by atoms with Crippen LogP contribution >= 0.6 is 0 Å². The Morgan fingerprint density at radius 1 is 1.29 bits per heavy atom. The zero-order valence-corrected chi connectivity index (χ0v) is 12.4. The van der Waals surface area contributed by atoms with Crippen LogP contribution in [0.5, 0.6) is 0 Å². The second-order valence-corrected chi connectivity index (χ2v) is 5.22. The normalized spacial score (nSPS) is 10.4. The van der Waals surface area contributed by atoms with E-state index in [9.17, 15) is 4.79 Å². The topological polar surface area (TPSA) is 33.5 Å². The van der Waals surface area contributed by atoms with Crippen LogP contribution in [0.3, 0.4) is 0 Å². The van der Waals surface area contributed by atoms with Gasteiger partial charge in [-0.25, -0.2) is 0 Å². The first-order valence-electron chi connectivity index (χ1n) is 6.97. The van der Waals surface area contributed by atoms with Crippen molar-refractivity contribution in [2.24, 2.45) is 0 Å². The minimum Gasteiger partial charge on any atom is -0.467 e. The number of terminal acetylenes is 1. The van der Waals surface area contributed by atoms with Crippen molar-refractivity contribution in [3.8, 4) is 12.3 Å². The number of carbonyl (C=O) groups is 1. The van der Waals surface area contributed by atoms with Crippen LogP contribution < -0.4 is 0 Å². The minimum absolute atomic E-state index is 0.0837. The van der Waals surface area contributed by atoms with E-state index in [4.69, 9.17) is 10.8 Å². The molecule has 0 saturated heterocycles. The largest absolute Gasteiger partial charge is 0.467 e. The van der Waals surface area contributed by atoms with Crippen molar-refractivity contribution in [2.45, 2.75) is 26.3 Å². The molecule has 2 aromatic rings. The number of hydrogen-bond donors (Lipinski definition) is 0. The second kappa shape index (κ2) is 6.81. The van der Waals surface area contributed by atoms with Gasteiger partial charge in [-0.15, -0.1) is 6.42 Å². The molecule has 1 heterocycles. The number of nitrogens with zero attached hydrogens (tertiary/aromatic N) is 1. The number of furan rings is 1. The Balaban J connectivity index is 2.16. The van der Waals surface area contributed by atoms with Crippen LogP contribution in [0.2, 0.25) is 0 Å². The van der Waals surface area contributed by atoms with Crippen LogP contribution in [0.15, 0.2) is 47.1 Å². The molecule has 1 aromatic carbocycles. The molecule has 0 N–H and O–H groups in total. The number of rotatable bonds is 5. The van der Waals surface area contributed by atoms with Crippen molar-refractivity contribution in [1.29, 1.82) is 0 Å². The third-order valence-electron chi connectivity index (χ3n) is 3.32. The summed E-state index contributed by atoms with van der Waals surface area (Å²) in [5, 5.41) is 0. The first-order valence-corrected chi connectivity index (χ1v) is 6.97. The lowest BCUT2D eigenvalue weighted by molar-refractivity contribution is 0.0755. The van der Waals surface area contributed by atoms with Crippen LogP contribution in [0.25, 0.3) is 0 Å². The molecule has 0 bridgehead atoms. The summed E-state index contributed by atoms with van der Waals surface area (Å²) in [6.45, 7) is 4.88. The highest BCUT2D eigenvalue weighted by Gasteiger charge is 2.16. The van der Waals surface area contributed by atoms with Crippen LogP contribution in [0, 0.1) is 12.3 Å². The predicted molar refractivity (Wildman–Crippen MR) is 82.8 cm³/mol. The highest BCUT2D eigenvalue weighted by Crippen LogP contribution is 2.16. The number of benzene rings is 1. The fourth-order valence-electron chi connectivity index (χ4n) is 2.09. The monoisotopic (exact) mass is 281 g/mol. The van der Waals surface area contributed by atoms with E-state index in [1.807, 2.05) is 30.3 Å². The molecule has 2 rings (SSSR count). The summed E-state index contributed by atoms with van der Waals surface area (Å²) in [7, 11) is 0. The molecule has 3 heteroatoms. The molecule has 108 valence electrons. The van der Waals surface area contributed by atoms with Gasteiger partial charge in [-0.2, -0.15) is 0 Å². The molecule has 21 heavy (non-hydrogen) atoms. The van der Waals surface area contributed by atoms with Gasteiger partial charge >= 0.3 is 0 Å². The summed E-state index contributed by atoms with van der Waals surface area (Å²) in [4.78, 5) is 14.1. The number of carbonyl (C=O) groups excluding carboxylic acids is 1. The lowest BCUT2D eigenvalue weighted by Crippen LogP contribution is -2.30. The molecule has 0 aliphatic rings. The molecule has 0 aliphatic heterocycles. The van der Waals surface area contributed by atoms with E-state index in [1.54, 1.807) is 17.2 Å². The summed E-state index contributed by atoms with van der Waals surface area (Å²) in [5.41, 5.74) is 1.85. The summed E-state index contributed by atoms with van der Waals surface area (Å²) in [6.07, 6.45) is 6.95. The van der Waals surface area contributed by atoms with Crippen molar-refractivity contribution in [3.63, 3.8) is 0 Å². The van der Waals surface area contributed by atoms with Gasteiger partial charge in [-0.05, 0) is 35.7 Å². The number of hydrogen-bond acceptors (Lipinski definition) is 2. The smallest absolute Gasteiger partial charge is 0.255 e. The Hall–Kier alpha value is -2.47. The fourth-order valence-corrected chi connectivity index (χ4v) is 2.09. The first-order chi connectivity index (χ1) is 10.1. The summed E-state index contributed by atoms with van der Waals surface area (Å²) in [6, 6.07) is 11.3. The third kappa shape index (κ3) is 3.76. The standard InChI is InChI=1S/C18H19NO2/c1-4-11-19(13-17-6-5-12-21-17)18(20)16-9-7-15(8-10-16)14(2)3/h1,5-10,12,14H,11,13H2,2-3H3. The lowest BCUT2D eigenvalue weighted by atomic mass is 10.0. The molecular formula is C18H19NO2. The maximum Gasteiger partial charge on any atom is 0.255 e. The van der Waals surface area contributed by atoms with Crippen molar-refractivity contribution >= 4 is 5.91 Å². The summed E-state index contributed by atoms with van der Waals surface area (Å²) >= 11 is 0. The van der Waals surface area contributed by atoms with Gasteiger partial charge in [0.15, 0.2) is 0 Å². The summed E-state index contributed by atoms with van der Waals surface area (Å²) in [5.74, 6) is 3.60. The maximum absolute atomic E-state index is 12.5. The molecule has 0 unspecified atom stereocenters. The van der Waals surface area contributed by atoms with Crippen LogP contribution in [0.4, 0.5) is 0 Å². The zero-order chi connectivity index (χ0) is 15.2. The van der Waals surface area contributed by atoms with E-state index in [2.05, 4.69) is 19.8 Å². The van der Waals surface area contributed by atoms with Gasteiger partial charge in [0.25, 0.3) is 5.91 Å². The van der Waals surface area contributed by atoms with E-state index >= 15 is 0 Å². The third-order valence-corrected chi connectivity index (χ3v) is 3.32. The molecule has 0 spiro atoms. The first kappa shape index (κ1) is 14.9. The van der Waals surface area contributed by atoms with E-state index < -0.39 is 0 Å². The highest BCUT2D eigenvalue weighted by atomic mass is 16.3. The molecule has 0 fully saturated rings. The minimum atomic E-state index is -0.0837. The fraction of sp³-hybridized carbons (Fsp3) is 0.278. The van der Waals surface area contributed by atoms with Gasteiger partial charge < -0.3 is 9.32 Å². The van der Waals surface area contributed by atoms with Crippen molar-refractivity contribution in [2.75, 3.05) is 6.54 Å². The second-order valence-electron chi connectivity index (χ2n) is 5.22. The molecule has 1 aromatic heterocycles. The Labute approximate surface area is 125 Å². The molecule has 0 aliphatic carbocycles. The van der Waals surface area contributed by atoms with Crippen molar-refractivity contribution in [3.05, 3.63) is 59.5 Å². The average molecular weight is 281 g/mol. The van der Waals surface area contributed by atoms with Crippen molar-refractivity contribution < 1.29 is 9.21 Å². The van der Waals surface area contributed by atoms with E-state index in [1.165, 1.54) is 5.56 Å². The van der Waals surface area contributed by atoms with E-state index in [0.29, 0.717) is 18.0 Å². The lowest BCUT2D eigenvalue weighted by Gasteiger charge is -2.19. The molecule has 0 saturated carbocycles. The maximum atomic E-state index is 12.5. The molecule has 0 atom stereocenters. The zero-order valence-electron chi connectivity index (χ0n) is 12.4. The molecular weight excluding hydrogens is 262 g/mol. The van der Waals surface area contributed by atoms with Crippen LogP contribution in [-0.2, 0) is 6.54 Å². The SMILES string of the molecule is C#CCN(Cc1ccco1)C(=O)c1ccc(C(C)C)cc1. The summed E-state index contributed by atoms with van der Waals surface area (Å²) < 4.78 is 5.28. The molecule has 1 amide bonds. The van der Waals surface area contributed by atoms with Gasteiger partial charge in [0.2, 0.25) is 0 Å². The highest BCUT2D eigenvalue weighted by molar-refractivity contribution is 5.94. The molecule has 0 radical (unpaired) electrons. The van der Waals surface area contributed by atoms with Gasteiger partial charge in [-0.3, -0.25) is 4.79 Å². The van der Waals surface area contributed by atoms with Gasteiger partial charge in [0.05, 0.1) is 19.4 Å². The van der Waals surface area contributed by atoms with Gasteiger partial charge in [0.1, 0.15) is 5.76 Å². The van der Waals surface area contributed by atoms with Crippen LogP contribution in [-0.4, -0.2) is 17.4 Å². The number of amides is 1. The Kier molecular flexibility index (Phi) is 4.84. The Morgan fingerprint density at radius 2 is 2.00 bits per heavy atom.